The molecule has 0 aromatic rings. The quantitative estimate of drug-likeness (QED) is 0.404. The average Bonchev–Trinajstić information content (AvgIpc) is 2.43. The number of carboxylic acids is 1. The van der Waals surface area contributed by atoms with E-state index in [1.165, 1.54) is 0 Å². The van der Waals surface area contributed by atoms with E-state index in [2.05, 4.69) is 5.32 Å². The number of amides is 1. The summed E-state index contributed by atoms with van der Waals surface area (Å²) in [5, 5.41) is 11.1. The Morgan fingerprint density at radius 3 is 2.33 bits per heavy atom. The van der Waals surface area contributed by atoms with Crippen molar-refractivity contribution in [1.82, 2.24) is 10.2 Å². The molecule has 0 atom stereocenters. The van der Waals surface area contributed by atoms with Crippen LogP contribution in [0.1, 0.15) is 20.8 Å². The normalized spacial score (nSPS) is 11.9. The predicted molar refractivity (Wildman–Crippen MR) is 90.1 cm³/mol. The minimum Gasteiger partial charge on any atom is -0.478 e. The Kier molecular flexibility index (Phi) is 11.9. The number of alkyl carbamates (subject to hydrolysis) is 1. The number of aliphatic carboxylic acids is 1. The van der Waals surface area contributed by atoms with Crippen molar-refractivity contribution in [2.45, 2.75) is 26.4 Å². The topological polar surface area (TPSA) is 97.3 Å². The third-order valence-electron chi connectivity index (χ3n) is 2.58. The largest absolute Gasteiger partial charge is 0.478 e. The number of nitrogens with zero attached hydrogens (tertiary/aromatic N) is 1. The maximum atomic E-state index is 11.4. The van der Waals surface area contributed by atoms with Crippen LogP contribution in [0.25, 0.3) is 0 Å². The SMILES string of the molecule is CN(C/C=C/C(=O)O)CCOCCOCCNC(=O)OC(C)(C)C. The van der Waals surface area contributed by atoms with Gasteiger partial charge in [0.2, 0.25) is 0 Å². The fourth-order valence-corrected chi connectivity index (χ4v) is 1.51. The van der Waals surface area contributed by atoms with E-state index in [0.717, 1.165) is 6.08 Å². The molecule has 0 unspecified atom stereocenters. The summed E-state index contributed by atoms with van der Waals surface area (Å²) < 4.78 is 15.8. The highest BCUT2D eigenvalue weighted by molar-refractivity contribution is 5.79. The Hall–Kier alpha value is -1.64. The third-order valence-corrected chi connectivity index (χ3v) is 2.58. The van der Waals surface area contributed by atoms with Gasteiger partial charge in [0.15, 0.2) is 0 Å². The van der Waals surface area contributed by atoms with Crippen LogP contribution in [0.4, 0.5) is 4.79 Å². The van der Waals surface area contributed by atoms with Gasteiger partial charge in [0.05, 0.1) is 26.4 Å². The fourth-order valence-electron chi connectivity index (χ4n) is 1.51. The lowest BCUT2D eigenvalue weighted by atomic mass is 10.2. The number of ether oxygens (including phenoxy) is 3. The summed E-state index contributed by atoms with van der Waals surface area (Å²) in [5.41, 5.74) is -0.505. The number of nitrogens with one attached hydrogen (secondary N) is 1. The van der Waals surface area contributed by atoms with E-state index in [9.17, 15) is 9.59 Å². The van der Waals surface area contributed by atoms with E-state index in [-0.39, 0.29) is 0 Å². The zero-order valence-corrected chi connectivity index (χ0v) is 15.0. The van der Waals surface area contributed by atoms with Gasteiger partial charge in [-0.15, -0.1) is 0 Å². The van der Waals surface area contributed by atoms with E-state index in [4.69, 9.17) is 19.3 Å². The van der Waals surface area contributed by atoms with Gasteiger partial charge < -0.3 is 29.5 Å². The van der Waals surface area contributed by atoms with Crippen molar-refractivity contribution in [2.75, 3.05) is 53.1 Å². The van der Waals surface area contributed by atoms with E-state index >= 15 is 0 Å². The standard InChI is InChI=1S/C16H30N2O6/c1-16(2,3)24-15(21)17-7-10-22-12-13-23-11-9-18(4)8-5-6-14(19)20/h5-6H,7-13H2,1-4H3,(H,17,21)(H,19,20)/b6-5+. The summed E-state index contributed by atoms with van der Waals surface area (Å²) in [6.07, 6.45) is 2.25. The maximum Gasteiger partial charge on any atom is 0.407 e. The molecule has 0 aliphatic rings. The Morgan fingerprint density at radius 1 is 1.12 bits per heavy atom. The van der Waals surface area contributed by atoms with Crippen LogP contribution in [0, 0.1) is 0 Å². The van der Waals surface area contributed by atoms with Crippen LogP contribution in [-0.4, -0.2) is 80.8 Å². The van der Waals surface area contributed by atoms with Crippen molar-refractivity contribution in [3.8, 4) is 0 Å². The van der Waals surface area contributed by atoms with Gasteiger partial charge in [-0.2, -0.15) is 0 Å². The molecule has 0 aromatic carbocycles. The number of carbonyl (C=O) groups is 2. The number of carbonyl (C=O) groups excluding carboxylic acids is 1. The first-order chi connectivity index (χ1) is 11.2. The van der Waals surface area contributed by atoms with E-state index in [1.807, 2.05) is 11.9 Å². The molecule has 0 spiro atoms. The lowest BCUT2D eigenvalue weighted by Crippen LogP contribution is -2.34. The van der Waals surface area contributed by atoms with Crippen molar-refractivity contribution in [3.05, 3.63) is 12.2 Å². The summed E-state index contributed by atoms with van der Waals surface area (Å²) in [4.78, 5) is 23.6. The second kappa shape index (κ2) is 12.7. The highest BCUT2D eigenvalue weighted by Gasteiger charge is 2.15. The number of carboxylic acid groups (broad SMARTS) is 1. The van der Waals surface area contributed by atoms with Crippen LogP contribution < -0.4 is 5.32 Å². The number of rotatable bonds is 12. The molecule has 1 amide bonds. The molecule has 0 aliphatic carbocycles. The molecule has 0 aliphatic heterocycles. The molecule has 8 heteroatoms. The van der Waals surface area contributed by atoms with Gasteiger partial charge in [-0.1, -0.05) is 6.08 Å². The van der Waals surface area contributed by atoms with Gasteiger partial charge in [-0.05, 0) is 27.8 Å². The second-order valence-corrected chi connectivity index (χ2v) is 6.16. The zero-order chi connectivity index (χ0) is 18.4. The predicted octanol–water partition coefficient (Wildman–Crippen LogP) is 1.12. The first kappa shape index (κ1) is 22.4. The van der Waals surface area contributed by atoms with E-state index in [0.29, 0.717) is 46.1 Å². The summed E-state index contributed by atoms with van der Waals surface area (Å²) >= 11 is 0. The summed E-state index contributed by atoms with van der Waals surface area (Å²) in [6.45, 7) is 8.89. The minimum absolute atomic E-state index is 0.383. The van der Waals surface area contributed by atoms with E-state index < -0.39 is 17.7 Å². The minimum atomic E-state index is -0.946. The smallest absolute Gasteiger partial charge is 0.407 e. The first-order valence-electron chi connectivity index (χ1n) is 7.91. The first-order valence-corrected chi connectivity index (χ1v) is 7.91. The molecule has 0 saturated carbocycles. The maximum absolute atomic E-state index is 11.4. The molecule has 140 valence electrons. The summed E-state index contributed by atoms with van der Waals surface area (Å²) in [5.74, 6) is -0.946. The van der Waals surface area contributed by atoms with Crippen LogP contribution in [0.5, 0.6) is 0 Å². The van der Waals surface area contributed by atoms with Crippen molar-refractivity contribution in [3.63, 3.8) is 0 Å². The van der Waals surface area contributed by atoms with Gasteiger partial charge in [-0.3, -0.25) is 0 Å². The molecule has 0 rings (SSSR count). The van der Waals surface area contributed by atoms with Crippen molar-refractivity contribution in [2.24, 2.45) is 0 Å². The number of hydrogen-bond acceptors (Lipinski definition) is 6. The van der Waals surface area contributed by atoms with Crippen LogP contribution in [0.15, 0.2) is 12.2 Å². The van der Waals surface area contributed by atoms with Crippen molar-refractivity contribution < 1.29 is 28.9 Å². The highest BCUT2D eigenvalue weighted by atomic mass is 16.6. The Balaban J connectivity index is 3.39. The van der Waals surface area contributed by atoms with Gasteiger partial charge in [-0.25, -0.2) is 9.59 Å². The second-order valence-electron chi connectivity index (χ2n) is 6.16. The molecule has 0 saturated heterocycles. The monoisotopic (exact) mass is 346 g/mol. The molecule has 0 radical (unpaired) electrons. The molecular formula is C16H30N2O6. The van der Waals surface area contributed by atoms with Crippen LogP contribution in [0.3, 0.4) is 0 Å². The summed E-state index contributed by atoms with van der Waals surface area (Å²) in [7, 11) is 1.88. The summed E-state index contributed by atoms with van der Waals surface area (Å²) in [6, 6.07) is 0. The van der Waals surface area contributed by atoms with Gasteiger partial charge in [0, 0.05) is 25.7 Å². The van der Waals surface area contributed by atoms with Gasteiger partial charge in [0.25, 0.3) is 0 Å². The molecule has 2 N–H and O–H groups in total. The molecule has 0 aromatic heterocycles. The van der Waals surface area contributed by atoms with E-state index in [1.54, 1.807) is 26.8 Å². The Labute approximate surface area is 143 Å². The molecule has 8 nitrogen and oxygen atoms in total. The Morgan fingerprint density at radius 2 is 1.75 bits per heavy atom. The van der Waals surface area contributed by atoms with Crippen LogP contribution >= 0.6 is 0 Å². The number of likely N-dealkylation sites (N-methyl/N-ethyl adjacent to an activating group) is 1. The van der Waals surface area contributed by atoms with Crippen molar-refractivity contribution in [1.29, 1.82) is 0 Å². The van der Waals surface area contributed by atoms with Gasteiger partial charge >= 0.3 is 12.1 Å². The molecule has 0 fully saturated rings. The molecule has 0 heterocycles. The fraction of sp³-hybridized carbons (Fsp3) is 0.750. The van der Waals surface area contributed by atoms with Crippen LogP contribution in [-0.2, 0) is 19.0 Å². The third kappa shape index (κ3) is 16.7. The van der Waals surface area contributed by atoms with Crippen molar-refractivity contribution >= 4 is 12.1 Å². The lowest BCUT2D eigenvalue weighted by molar-refractivity contribution is -0.131. The van der Waals surface area contributed by atoms with Gasteiger partial charge in [0.1, 0.15) is 5.60 Å². The zero-order valence-electron chi connectivity index (χ0n) is 15.0. The molecular weight excluding hydrogens is 316 g/mol. The average molecular weight is 346 g/mol. The number of hydrogen-bond donors (Lipinski definition) is 2. The van der Waals surface area contributed by atoms with Crippen LogP contribution in [0.2, 0.25) is 0 Å². The Bertz CT molecular complexity index is 393. The lowest BCUT2D eigenvalue weighted by Gasteiger charge is -2.19. The molecule has 0 bridgehead atoms. The molecule has 24 heavy (non-hydrogen) atoms. The highest BCUT2D eigenvalue weighted by Crippen LogP contribution is 2.05.